The standard InChI is InChI=1S/3C14H27O.Al/c3*1-3-5-11-14(15,12-6-4-2)13-9-7-8-10-13;/h3*13H,3-12H2,1-2H3;/q3*-1;+3. The maximum Gasteiger partial charge on any atom is 0.906 e. The van der Waals surface area contributed by atoms with E-state index in [9.17, 15) is 0 Å². The first-order valence-corrected chi connectivity index (χ1v) is 22.9. The van der Waals surface area contributed by atoms with Gasteiger partial charge >= 0.3 is 15.1 Å². The second kappa shape index (κ2) is 22.3. The van der Waals surface area contributed by atoms with Crippen LogP contribution in [0.15, 0.2) is 0 Å². The second-order valence-corrected chi connectivity index (χ2v) is 17.7. The minimum atomic E-state index is -2.53. The van der Waals surface area contributed by atoms with Crippen molar-refractivity contribution in [1.29, 1.82) is 0 Å². The van der Waals surface area contributed by atoms with Crippen LogP contribution in [0.2, 0.25) is 0 Å². The van der Waals surface area contributed by atoms with Crippen LogP contribution >= 0.6 is 0 Å². The summed E-state index contributed by atoms with van der Waals surface area (Å²) < 4.78 is 23.9. The Morgan fingerprint density at radius 2 is 0.565 bits per heavy atom. The zero-order valence-corrected chi connectivity index (χ0v) is 33.4. The fraction of sp³-hybridized carbons (Fsp3) is 1.00. The first kappa shape index (κ1) is 40.8. The molecule has 0 aromatic rings. The highest BCUT2D eigenvalue weighted by Crippen LogP contribution is 2.49. The van der Waals surface area contributed by atoms with Crippen molar-refractivity contribution in [2.45, 2.75) is 251 Å². The predicted octanol–water partition coefficient (Wildman–Crippen LogP) is 13.9. The van der Waals surface area contributed by atoms with Gasteiger partial charge in [-0.25, -0.2) is 0 Å². The van der Waals surface area contributed by atoms with Crippen molar-refractivity contribution < 1.29 is 11.4 Å². The van der Waals surface area contributed by atoms with Crippen LogP contribution in [0.5, 0.6) is 0 Å². The van der Waals surface area contributed by atoms with Crippen LogP contribution in [0.1, 0.15) is 234 Å². The molecule has 4 heteroatoms. The molecule has 3 fully saturated rings. The number of hydrogen-bond acceptors (Lipinski definition) is 3. The van der Waals surface area contributed by atoms with Crippen LogP contribution in [0.4, 0.5) is 0 Å². The first-order chi connectivity index (χ1) is 22.5. The van der Waals surface area contributed by atoms with E-state index in [1.165, 1.54) is 193 Å². The van der Waals surface area contributed by atoms with Gasteiger partial charge in [0.05, 0.1) is 0 Å². The molecule has 0 aromatic carbocycles. The monoisotopic (exact) mass is 661 g/mol. The Morgan fingerprint density at radius 1 is 0.370 bits per heavy atom. The Bertz CT molecular complexity index is 628. The summed E-state index contributed by atoms with van der Waals surface area (Å²) in [6, 6.07) is 0. The second-order valence-electron chi connectivity index (χ2n) is 16.4. The van der Waals surface area contributed by atoms with Gasteiger partial charge < -0.3 is 11.4 Å². The van der Waals surface area contributed by atoms with Crippen molar-refractivity contribution in [3.05, 3.63) is 0 Å². The molecule has 0 saturated heterocycles. The van der Waals surface area contributed by atoms with Crippen molar-refractivity contribution in [2.24, 2.45) is 17.8 Å². The third-order valence-corrected chi connectivity index (χ3v) is 15.0. The van der Waals surface area contributed by atoms with Crippen LogP contribution in [0.25, 0.3) is 0 Å². The zero-order chi connectivity index (χ0) is 33.1. The molecule has 3 nitrogen and oxygen atoms in total. The maximum atomic E-state index is 7.97. The van der Waals surface area contributed by atoms with Gasteiger partial charge in [0.15, 0.2) is 0 Å². The third kappa shape index (κ3) is 11.7. The highest BCUT2D eigenvalue weighted by Gasteiger charge is 2.56. The Morgan fingerprint density at radius 3 is 0.739 bits per heavy atom. The fourth-order valence-corrected chi connectivity index (χ4v) is 12.7. The molecule has 0 unspecified atom stereocenters. The zero-order valence-electron chi connectivity index (χ0n) is 32.2. The SMILES string of the molecule is CCCCC(CCCC)([O][Al]([O]C(CCCC)(CCCC)C1CCCC1)[O]C(CCCC)(CCCC)C1CCCC1)C1CCCC1. The van der Waals surface area contributed by atoms with Crippen molar-refractivity contribution >= 4 is 15.1 Å². The van der Waals surface area contributed by atoms with E-state index in [-0.39, 0.29) is 16.8 Å². The molecular formula is C42H81AlO3. The lowest BCUT2D eigenvalue weighted by Gasteiger charge is -2.49. The molecule has 0 spiro atoms. The van der Waals surface area contributed by atoms with Crippen molar-refractivity contribution in [2.75, 3.05) is 0 Å². The largest absolute Gasteiger partial charge is 0.906 e. The number of rotatable bonds is 27. The smallest absolute Gasteiger partial charge is 0.449 e. The van der Waals surface area contributed by atoms with E-state index in [4.69, 9.17) is 11.4 Å². The average Bonchev–Trinajstić information content (AvgIpc) is 3.89. The Hall–Kier alpha value is 0.412. The predicted molar refractivity (Wildman–Crippen MR) is 200 cm³/mol. The van der Waals surface area contributed by atoms with E-state index in [0.717, 1.165) is 0 Å². The summed E-state index contributed by atoms with van der Waals surface area (Å²) in [5.74, 6) is 2.02. The molecular weight excluding hydrogens is 579 g/mol. The highest BCUT2D eigenvalue weighted by atomic mass is 27.3. The summed E-state index contributed by atoms with van der Waals surface area (Å²) in [6.45, 7) is 14.3. The maximum absolute atomic E-state index is 7.97. The molecule has 0 N–H and O–H groups in total. The van der Waals surface area contributed by atoms with Gasteiger partial charge in [0, 0.05) is 16.8 Å². The summed E-state index contributed by atoms with van der Waals surface area (Å²) in [5.41, 5.74) is -0.187. The van der Waals surface area contributed by atoms with Crippen molar-refractivity contribution in [1.82, 2.24) is 0 Å². The van der Waals surface area contributed by atoms with Crippen LogP contribution < -0.4 is 0 Å². The minimum absolute atomic E-state index is 0.0622. The third-order valence-electron chi connectivity index (χ3n) is 13.0. The van der Waals surface area contributed by atoms with Crippen LogP contribution in [0.3, 0.4) is 0 Å². The lowest BCUT2D eigenvalue weighted by atomic mass is 9.78. The average molecular weight is 661 g/mol. The van der Waals surface area contributed by atoms with Crippen molar-refractivity contribution in [3.8, 4) is 0 Å². The molecule has 46 heavy (non-hydrogen) atoms. The lowest BCUT2D eigenvalue weighted by molar-refractivity contribution is -0.143. The van der Waals surface area contributed by atoms with Crippen LogP contribution in [-0.2, 0) is 11.4 Å². The Balaban J connectivity index is 2.14. The van der Waals surface area contributed by atoms with E-state index >= 15 is 0 Å². The van der Waals surface area contributed by atoms with E-state index in [0.29, 0.717) is 17.8 Å². The molecule has 0 amide bonds. The Labute approximate surface area is 294 Å². The van der Waals surface area contributed by atoms with Gasteiger partial charge in [-0.2, -0.15) is 0 Å². The van der Waals surface area contributed by atoms with Gasteiger partial charge in [-0.3, -0.25) is 0 Å². The summed E-state index contributed by atoms with van der Waals surface area (Å²) in [7, 11) is 0. The van der Waals surface area contributed by atoms with Crippen LogP contribution in [0, 0.1) is 17.8 Å². The summed E-state index contributed by atoms with van der Waals surface area (Å²) in [5, 5.41) is 0. The Kier molecular flexibility index (Phi) is 19.8. The van der Waals surface area contributed by atoms with E-state index in [1.54, 1.807) is 0 Å². The van der Waals surface area contributed by atoms with Gasteiger partial charge in [-0.1, -0.05) is 157 Å². The molecule has 0 atom stereocenters. The van der Waals surface area contributed by atoms with E-state index in [1.807, 2.05) is 0 Å². The molecule has 0 heterocycles. The molecule has 0 aromatic heterocycles. The topological polar surface area (TPSA) is 27.7 Å². The van der Waals surface area contributed by atoms with Gasteiger partial charge in [-0.05, 0) is 94.8 Å². The first-order valence-electron chi connectivity index (χ1n) is 21.5. The molecule has 3 rings (SSSR count). The molecule has 3 aliphatic rings. The summed E-state index contributed by atoms with van der Waals surface area (Å²) in [4.78, 5) is 0. The number of hydrogen-bond donors (Lipinski definition) is 0. The van der Waals surface area contributed by atoms with E-state index < -0.39 is 15.1 Å². The minimum Gasteiger partial charge on any atom is -0.449 e. The van der Waals surface area contributed by atoms with Gasteiger partial charge in [0.25, 0.3) is 0 Å². The van der Waals surface area contributed by atoms with Gasteiger partial charge in [0.2, 0.25) is 0 Å². The van der Waals surface area contributed by atoms with Gasteiger partial charge in [0.1, 0.15) is 0 Å². The highest BCUT2D eigenvalue weighted by molar-refractivity contribution is 6.37. The molecule has 0 bridgehead atoms. The molecule has 0 radical (unpaired) electrons. The molecule has 3 saturated carbocycles. The quantitative estimate of drug-likeness (QED) is 0.0821. The van der Waals surface area contributed by atoms with Crippen molar-refractivity contribution in [3.63, 3.8) is 0 Å². The van der Waals surface area contributed by atoms with E-state index in [2.05, 4.69) is 41.5 Å². The molecule has 3 aliphatic carbocycles. The fourth-order valence-electron chi connectivity index (χ4n) is 10.1. The lowest BCUT2D eigenvalue weighted by Crippen LogP contribution is -2.56. The molecule has 0 aliphatic heterocycles. The molecule has 270 valence electrons. The summed E-state index contributed by atoms with van der Waals surface area (Å²) in [6.07, 6.45) is 38.6. The normalized spacial score (nSPS) is 19.2. The summed E-state index contributed by atoms with van der Waals surface area (Å²) >= 11 is -2.53. The van der Waals surface area contributed by atoms with Gasteiger partial charge in [-0.15, -0.1) is 0 Å². The van der Waals surface area contributed by atoms with Crippen LogP contribution in [-0.4, -0.2) is 32.0 Å². The number of unbranched alkanes of at least 4 members (excludes halogenated alkanes) is 6.